The Hall–Kier alpha value is -1.79. The molecule has 3 rings (SSSR count). The lowest BCUT2D eigenvalue weighted by Crippen LogP contribution is -2.33. The maximum absolute atomic E-state index is 12.6. The number of amides is 1. The summed E-state index contributed by atoms with van der Waals surface area (Å²) in [4.78, 5) is 14.8. The van der Waals surface area contributed by atoms with E-state index in [0.29, 0.717) is 35.8 Å². The molecule has 0 saturated carbocycles. The van der Waals surface area contributed by atoms with Gasteiger partial charge in [-0.1, -0.05) is 6.07 Å². The van der Waals surface area contributed by atoms with Crippen molar-refractivity contribution in [2.75, 3.05) is 25.9 Å². The molecule has 6 heteroatoms. The number of thiophene rings is 1. The lowest BCUT2D eigenvalue weighted by Gasteiger charge is -2.18. The summed E-state index contributed by atoms with van der Waals surface area (Å²) >= 11 is 1.37. The highest BCUT2D eigenvalue weighted by molar-refractivity contribution is 7.21. The summed E-state index contributed by atoms with van der Waals surface area (Å²) in [5.41, 5.74) is 5.83. The van der Waals surface area contributed by atoms with Crippen LogP contribution in [0.1, 0.15) is 23.0 Å². The molecule has 0 aliphatic carbocycles. The molecule has 1 unspecified atom stereocenters. The zero-order valence-corrected chi connectivity index (χ0v) is 12.9. The van der Waals surface area contributed by atoms with E-state index in [9.17, 15) is 9.90 Å². The van der Waals surface area contributed by atoms with Crippen LogP contribution < -0.4 is 10.5 Å². The number of carbonyl (C=O) groups excluding carboxylic acids is 1. The molecule has 1 aliphatic heterocycles. The van der Waals surface area contributed by atoms with Gasteiger partial charge in [0.1, 0.15) is 10.6 Å². The van der Waals surface area contributed by atoms with Gasteiger partial charge in [0.25, 0.3) is 5.91 Å². The van der Waals surface area contributed by atoms with Gasteiger partial charge in [-0.3, -0.25) is 4.79 Å². The van der Waals surface area contributed by atoms with Crippen molar-refractivity contribution in [2.24, 2.45) is 0 Å². The number of aliphatic hydroxyl groups is 1. The molecule has 2 heterocycles. The lowest BCUT2D eigenvalue weighted by atomic mass is 10.1. The summed E-state index contributed by atoms with van der Waals surface area (Å²) in [6, 6.07) is 5.64. The summed E-state index contributed by atoms with van der Waals surface area (Å²) < 4.78 is 6.25. The van der Waals surface area contributed by atoms with Crippen LogP contribution in [0, 0.1) is 0 Å². The third-order valence-electron chi connectivity index (χ3n) is 3.87. The van der Waals surface area contributed by atoms with Crippen LogP contribution in [0.2, 0.25) is 0 Å². The minimum absolute atomic E-state index is 0.117. The average Bonchev–Trinajstić information content (AvgIpc) is 2.98. The molecule has 1 fully saturated rings. The smallest absolute Gasteiger partial charge is 0.266 e. The number of nitrogens with two attached hydrogens (primary N) is 1. The Morgan fingerprint density at radius 1 is 1.52 bits per heavy atom. The first-order chi connectivity index (χ1) is 9.93. The third-order valence-corrected chi connectivity index (χ3v) is 5.03. The first kappa shape index (κ1) is 14.2. The molecule has 1 aliphatic rings. The average molecular weight is 306 g/mol. The van der Waals surface area contributed by atoms with E-state index in [1.54, 1.807) is 18.9 Å². The minimum atomic E-state index is -0.807. The fraction of sp³-hybridized carbons (Fsp3) is 0.400. The molecule has 1 aromatic carbocycles. The number of hydrogen-bond acceptors (Lipinski definition) is 5. The van der Waals surface area contributed by atoms with Crippen LogP contribution in [0.3, 0.4) is 0 Å². The first-order valence-electron chi connectivity index (χ1n) is 6.79. The Bertz CT molecular complexity index is 708. The predicted octanol–water partition coefficient (Wildman–Crippen LogP) is 2.09. The van der Waals surface area contributed by atoms with Crippen LogP contribution >= 0.6 is 11.3 Å². The molecular weight excluding hydrogens is 288 g/mol. The van der Waals surface area contributed by atoms with Crippen molar-refractivity contribution in [2.45, 2.75) is 18.9 Å². The Labute approximate surface area is 126 Å². The molecule has 1 aromatic heterocycles. The topological polar surface area (TPSA) is 75.8 Å². The lowest BCUT2D eigenvalue weighted by molar-refractivity contribution is 0.0575. The minimum Gasteiger partial charge on any atom is -0.496 e. The second-order valence-electron chi connectivity index (χ2n) is 5.65. The molecule has 21 heavy (non-hydrogen) atoms. The van der Waals surface area contributed by atoms with Crippen molar-refractivity contribution in [1.82, 2.24) is 4.90 Å². The summed E-state index contributed by atoms with van der Waals surface area (Å²) in [7, 11) is 1.59. The zero-order chi connectivity index (χ0) is 15.2. The van der Waals surface area contributed by atoms with E-state index in [2.05, 4.69) is 0 Å². The zero-order valence-electron chi connectivity index (χ0n) is 12.0. The number of β-amino-alcohol motifs (C(OH)–C–C–N with tert-alkyl or cyclic N) is 1. The number of anilines is 1. The van der Waals surface area contributed by atoms with Crippen LogP contribution in [-0.4, -0.2) is 41.7 Å². The molecule has 3 N–H and O–H groups in total. The van der Waals surface area contributed by atoms with Crippen LogP contribution in [0.25, 0.3) is 10.1 Å². The van der Waals surface area contributed by atoms with E-state index < -0.39 is 5.60 Å². The fourth-order valence-corrected chi connectivity index (χ4v) is 3.84. The van der Waals surface area contributed by atoms with Gasteiger partial charge in [0.05, 0.1) is 23.8 Å². The summed E-state index contributed by atoms with van der Waals surface area (Å²) in [6.07, 6.45) is 0.590. The van der Waals surface area contributed by atoms with Crippen molar-refractivity contribution < 1.29 is 14.6 Å². The van der Waals surface area contributed by atoms with Crippen LogP contribution in [-0.2, 0) is 0 Å². The molecule has 0 spiro atoms. The highest BCUT2D eigenvalue weighted by atomic mass is 32.1. The van der Waals surface area contributed by atoms with Gasteiger partial charge in [0.2, 0.25) is 0 Å². The second-order valence-corrected chi connectivity index (χ2v) is 6.70. The van der Waals surface area contributed by atoms with E-state index in [1.165, 1.54) is 11.3 Å². The van der Waals surface area contributed by atoms with Crippen LogP contribution in [0.5, 0.6) is 5.75 Å². The number of carbonyl (C=O) groups is 1. The number of hydrogen-bond donors (Lipinski definition) is 2. The van der Waals surface area contributed by atoms with E-state index in [4.69, 9.17) is 10.5 Å². The number of fused-ring (bicyclic) bond motifs is 1. The van der Waals surface area contributed by atoms with E-state index in [-0.39, 0.29) is 5.91 Å². The van der Waals surface area contributed by atoms with Gasteiger partial charge < -0.3 is 20.5 Å². The van der Waals surface area contributed by atoms with Gasteiger partial charge >= 0.3 is 0 Å². The Morgan fingerprint density at radius 3 is 2.90 bits per heavy atom. The Kier molecular flexibility index (Phi) is 3.30. The number of benzene rings is 1. The predicted molar refractivity (Wildman–Crippen MR) is 83.9 cm³/mol. The van der Waals surface area contributed by atoms with Crippen molar-refractivity contribution in [3.05, 3.63) is 23.1 Å². The quantitative estimate of drug-likeness (QED) is 0.891. The third kappa shape index (κ3) is 2.34. The molecule has 0 bridgehead atoms. The first-order valence-corrected chi connectivity index (χ1v) is 7.61. The van der Waals surface area contributed by atoms with Gasteiger partial charge in [0, 0.05) is 17.8 Å². The maximum atomic E-state index is 12.6. The SMILES string of the molecule is COc1cccc2sc(C(=O)N3CCC(C)(O)C3)c(N)c12. The molecule has 0 radical (unpaired) electrons. The van der Waals surface area contributed by atoms with Gasteiger partial charge in [-0.15, -0.1) is 11.3 Å². The summed E-state index contributed by atoms with van der Waals surface area (Å²) in [6.45, 7) is 2.64. The molecule has 1 amide bonds. The highest BCUT2D eigenvalue weighted by Gasteiger charge is 2.35. The Balaban J connectivity index is 2.02. The molecule has 5 nitrogen and oxygen atoms in total. The van der Waals surface area contributed by atoms with Crippen LogP contribution in [0.4, 0.5) is 5.69 Å². The van der Waals surface area contributed by atoms with Crippen molar-refractivity contribution in [3.63, 3.8) is 0 Å². The van der Waals surface area contributed by atoms with E-state index in [0.717, 1.165) is 10.1 Å². The van der Waals surface area contributed by atoms with Gasteiger partial charge in [-0.2, -0.15) is 0 Å². The fourth-order valence-electron chi connectivity index (χ4n) is 2.73. The van der Waals surface area contributed by atoms with Crippen molar-refractivity contribution in [1.29, 1.82) is 0 Å². The van der Waals surface area contributed by atoms with Crippen molar-refractivity contribution >= 4 is 33.0 Å². The molecular formula is C15H18N2O3S. The van der Waals surface area contributed by atoms with Crippen LogP contribution in [0.15, 0.2) is 18.2 Å². The largest absolute Gasteiger partial charge is 0.496 e. The van der Waals surface area contributed by atoms with Crippen molar-refractivity contribution in [3.8, 4) is 5.75 Å². The number of likely N-dealkylation sites (tertiary alicyclic amines) is 1. The van der Waals surface area contributed by atoms with Gasteiger partial charge in [-0.25, -0.2) is 0 Å². The van der Waals surface area contributed by atoms with Gasteiger partial charge in [-0.05, 0) is 25.5 Å². The maximum Gasteiger partial charge on any atom is 0.266 e. The highest BCUT2D eigenvalue weighted by Crippen LogP contribution is 2.40. The van der Waals surface area contributed by atoms with Gasteiger partial charge in [0.15, 0.2) is 0 Å². The standard InChI is InChI=1S/C15H18N2O3S/c1-15(19)6-7-17(8-15)14(18)13-12(16)11-9(20-2)4-3-5-10(11)21-13/h3-5,19H,6-8,16H2,1-2H3. The molecule has 1 saturated heterocycles. The van der Waals surface area contributed by atoms with E-state index in [1.807, 2.05) is 18.2 Å². The number of nitrogens with zero attached hydrogens (tertiary/aromatic N) is 1. The Morgan fingerprint density at radius 2 is 2.29 bits per heavy atom. The summed E-state index contributed by atoms with van der Waals surface area (Å²) in [5, 5.41) is 10.8. The monoisotopic (exact) mass is 306 g/mol. The number of rotatable bonds is 2. The summed E-state index contributed by atoms with van der Waals surface area (Å²) in [5.74, 6) is 0.558. The molecule has 2 aromatic rings. The normalized spacial score (nSPS) is 22.0. The molecule has 112 valence electrons. The van der Waals surface area contributed by atoms with E-state index >= 15 is 0 Å². The number of methoxy groups -OCH3 is 1. The molecule has 1 atom stereocenters. The number of nitrogen functional groups attached to an aromatic ring is 1. The number of ether oxygens (including phenoxy) is 1. The second kappa shape index (κ2) is 4.89.